The molecule has 0 bridgehead atoms. The quantitative estimate of drug-likeness (QED) is 0.938. The molecule has 20 heavy (non-hydrogen) atoms. The third-order valence-corrected chi connectivity index (χ3v) is 4.57. The van der Waals surface area contributed by atoms with E-state index in [4.69, 9.17) is 15.2 Å². The number of thiophene rings is 1. The van der Waals surface area contributed by atoms with Gasteiger partial charge in [0.15, 0.2) is 5.82 Å². The van der Waals surface area contributed by atoms with Crippen molar-refractivity contribution in [1.82, 2.24) is 9.97 Å². The van der Waals surface area contributed by atoms with Gasteiger partial charge in [-0.05, 0) is 37.1 Å². The third-order valence-electron chi connectivity index (χ3n) is 3.76. The van der Waals surface area contributed by atoms with Crippen LogP contribution in [0, 0.1) is 0 Å². The second-order valence-electron chi connectivity index (χ2n) is 5.12. The average Bonchev–Trinajstić information content (AvgIpc) is 2.94. The monoisotopic (exact) mass is 293 g/mol. The molecule has 6 heteroatoms. The van der Waals surface area contributed by atoms with E-state index in [0.29, 0.717) is 24.4 Å². The third kappa shape index (κ3) is 2.92. The molecule has 1 fully saturated rings. The number of methoxy groups -OCH3 is 1. The molecule has 2 N–H and O–H groups in total. The summed E-state index contributed by atoms with van der Waals surface area (Å²) in [7, 11) is 1.77. The highest BCUT2D eigenvalue weighted by atomic mass is 32.1. The molecule has 2 aromatic rings. The zero-order valence-electron chi connectivity index (χ0n) is 11.5. The van der Waals surface area contributed by atoms with Gasteiger partial charge in [0.1, 0.15) is 17.3 Å². The van der Waals surface area contributed by atoms with E-state index in [9.17, 15) is 0 Å². The maximum atomic E-state index is 5.93. The molecule has 0 amide bonds. The van der Waals surface area contributed by atoms with Gasteiger partial charge >= 0.3 is 0 Å². The van der Waals surface area contributed by atoms with Gasteiger partial charge in [-0.3, -0.25) is 0 Å². The molecule has 2 heterocycles. The molecule has 0 spiro atoms. The number of hydrogen-bond acceptors (Lipinski definition) is 6. The highest BCUT2D eigenvalue weighted by Crippen LogP contribution is 2.25. The topological polar surface area (TPSA) is 70.3 Å². The van der Waals surface area contributed by atoms with Crippen molar-refractivity contribution in [2.45, 2.75) is 44.5 Å². The lowest BCUT2D eigenvalue weighted by molar-refractivity contribution is -0.0380. The average molecular weight is 293 g/mol. The van der Waals surface area contributed by atoms with Crippen LogP contribution in [0.15, 0.2) is 11.4 Å². The molecule has 1 saturated carbocycles. The Kier molecular flexibility index (Phi) is 4.14. The lowest BCUT2D eigenvalue weighted by atomic mass is 9.95. The normalized spacial score (nSPS) is 23.2. The van der Waals surface area contributed by atoms with Gasteiger partial charge in [-0.25, -0.2) is 9.97 Å². The first-order valence-electron chi connectivity index (χ1n) is 6.90. The molecule has 0 aliphatic heterocycles. The number of nitrogens with two attached hydrogens (primary N) is 1. The van der Waals surface area contributed by atoms with Crippen LogP contribution in [0.4, 0.5) is 5.82 Å². The molecule has 5 nitrogen and oxygen atoms in total. The fraction of sp³-hybridized carbons (Fsp3) is 0.571. The van der Waals surface area contributed by atoms with E-state index in [1.165, 1.54) is 0 Å². The van der Waals surface area contributed by atoms with E-state index < -0.39 is 0 Å². The lowest BCUT2D eigenvalue weighted by Gasteiger charge is -2.27. The first-order valence-corrected chi connectivity index (χ1v) is 7.78. The molecule has 1 aliphatic carbocycles. The van der Waals surface area contributed by atoms with Crippen molar-refractivity contribution >= 4 is 27.4 Å². The SMILES string of the molecule is COC1CCCC(OCc2nc(N)c3ccsc3n2)C1. The molecule has 0 saturated heterocycles. The van der Waals surface area contributed by atoms with Crippen LogP contribution < -0.4 is 5.73 Å². The Morgan fingerprint density at radius 3 is 3.05 bits per heavy atom. The Morgan fingerprint density at radius 2 is 2.20 bits per heavy atom. The summed E-state index contributed by atoms with van der Waals surface area (Å²) in [6.07, 6.45) is 4.86. The van der Waals surface area contributed by atoms with Crippen LogP contribution in [0.3, 0.4) is 0 Å². The van der Waals surface area contributed by atoms with E-state index in [1.54, 1.807) is 18.4 Å². The molecule has 2 atom stereocenters. The minimum absolute atomic E-state index is 0.234. The van der Waals surface area contributed by atoms with Gasteiger partial charge in [-0.1, -0.05) is 0 Å². The van der Waals surface area contributed by atoms with Gasteiger partial charge in [-0.2, -0.15) is 0 Å². The summed E-state index contributed by atoms with van der Waals surface area (Å²) < 4.78 is 11.3. The van der Waals surface area contributed by atoms with Crippen molar-refractivity contribution in [3.63, 3.8) is 0 Å². The van der Waals surface area contributed by atoms with Crippen molar-refractivity contribution in [2.75, 3.05) is 12.8 Å². The van der Waals surface area contributed by atoms with Crippen LogP contribution in [-0.4, -0.2) is 29.3 Å². The minimum atomic E-state index is 0.234. The van der Waals surface area contributed by atoms with Gasteiger partial charge < -0.3 is 15.2 Å². The molecule has 1 aliphatic rings. The van der Waals surface area contributed by atoms with Crippen LogP contribution in [-0.2, 0) is 16.1 Å². The van der Waals surface area contributed by atoms with Crippen molar-refractivity contribution in [1.29, 1.82) is 0 Å². The van der Waals surface area contributed by atoms with Gasteiger partial charge in [-0.15, -0.1) is 11.3 Å². The summed E-state index contributed by atoms with van der Waals surface area (Å²) in [6, 6.07) is 1.95. The van der Waals surface area contributed by atoms with Crippen LogP contribution in [0.2, 0.25) is 0 Å². The standard InChI is InChI=1S/C14H19N3O2S/c1-18-9-3-2-4-10(7-9)19-8-12-16-13(15)11-5-6-20-14(11)17-12/h5-6,9-10H,2-4,7-8H2,1H3,(H2,15,16,17). The fourth-order valence-electron chi connectivity index (χ4n) is 2.65. The first kappa shape index (κ1) is 13.7. The molecular formula is C14H19N3O2S. The van der Waals surface area contributed by atoms with Crippen molar-refractivity contribution in [3.8, 4) is 0 Å². The van der Waals surface area contributed by atoms with Gasteiger partial charge in [0.25, 0.3) is 0 Å². The molecular weight excluding hydrogens is 274 g/mol. The number of nitrogen functional groups attached to an aromatic ring is 1. The Hall–Kier alpha value is -1.24. The number of hydrogen-bond donors (Lipinski definition) is 1. The summed E-state index contributed by atoms with van der Waals surface area (Å²) >= 11 is 1.57. The van der Waals surface area contributed by atoms with Crippen molar-refractivity contribution in [3.05, 3.63) is 17.3 Å². The highest BCUT2D eigenvalue weighted by molar-refractivity contribution is 7.16. The van der Waals surface area contributed by atoms with Crippen LogP contribution in [0.25, 0.3) is 10.2 Å². The number of anilines is 1. The Balaban J connectivity index is 1.64. The smallest absolute Gasteiger partial charge is 0.158 e. The van der Waals surface area contributed by atoms with Gasteiger partial charge in [0, 0.05) is 7.11 Å². The van der Waals surface area contributed by atoms with E-state index >= 15 is 0 Å². The summed E-state index contributed by atoms with van der Waals surface area (Å²) in [5, 5.41) is 2.90. The van der Waals surface area contributed by atoms with E-state index in [-0.39, 0.29) is 6.10 Å². The molecule has 2 aromatic heterocycles. The van der Waals surface area contributed by atoms with E-state index in [1.807, 2.05) is 11.4 Å². The summed E-state index contributed by atoms with van der Waals surface area (Å²) in [5.41, 5.74) is 5.93. The van der Waals surface area contributed by atoms with Crippen LogP contribution in [0.1, 0.15) is 31.5 Å². The molecule has 0 radical (unpaired) electrons. The highest BCUT2D eigenvalue weighted by Gasteiger charge is 2.22. The Morgan fingerprint density at radius 1 is 1.35 bits per heavy atom. The van der Waals surface area contributed by atoms with Crippen molar-refractivity contribution < 1.29 is 9.47 Å². The van der Waals surface area contributed by atoms with Crippen LogP contribution >= 0.6 is 11.3 Å². The fourth-order valence-corrected chi connectivity index (χ4v) is 3.44. The van der Waals surface area contributed by atoms with Crippen molar-refractivity contribution in [2.24, 2.45) is 0 Å². The van der Waals surface area contributed by atoms with Crippen LogP contribution in [0.5, 0.6) is 0 Å². The maximum Gasteiger partial charge on any atom is 0.158 e. The zero-order chi connectivity index (χ0) is 13.9. The Bertz CT molecular complexity index is 587. The molecule has 2 unspecified atom stereocenters. The summed E-state index contributed by atoms with van der Waals surface area (Å²) in [4.78, 5) is 9.73. The number of fused-ring (bicyclic) bond motifs is 1. The summed E-state index contributed by atoms with van der Waals surface area (Å²) in [6.45, 7) is 0.416. The minimum Gasteiger partial charge on any atom is -0.383 e. The lowest BCUT2D eigenvalue weighted by Crippen LogP contribution is -2.27. The maximum absolute atomic E-state index is 5.93. The number of aromatic nitrogens is 2. The second kappa shape index (κ2) is 6.03. The second-order valence-corrected chi connectivity index (χ2v) is 6.02. The van der Waals surface area contributed by atoms with Gasteiger partial charge in [0.2, 0.25) is 0 Å². The summed E-state index contributed by atoms with van der Waals surface area (Å²) in [5.74, 6) is 1.20. The van der Waals surface area contributed by atoms with E-state index in [0.717, 1.165) is 35.9 Å². The predicted octanol–water partition coefficient (Wildman–Crippen LogP) is 2.75. The predicted molar refractivity (Wildman–Crippen MR) is 79.7 cm³/mol. The number of nitrogens with zero attached hydrogens (tertiary/aromatic N) is 2. The molecule has 108 valence electrons. The number of ether oxygens (including phenoxy) is 2. The molecule has 0 aromatic carbocycles. The van der Waals surface area contributed by atoms with E-state index in [2.05, 4.69) is 9.97 Å². The molecule has 3 rings (SSSR count). The zero-order valence-corrected chi connectivity index (χ0v) is 12.4. The first-order chi connectivity index (χ1) is 9.76. The largest absolute Gasteiger partial charge is 0.383 e. The van der Waals surface area contributed by atoms with Gasteiger partial charge in [0.05, 0.1) is 17.6 Å². The Labute approximate surface area is 122 Å². The number of rotatable bonds is 4.